The monoisotopic (exact) mass is 379 g/mol. The Morgan fingerprint density at radius 2 is 1.79 bits per heavy atom. The molecule has 0 saturated heterocycles. The van der Waals surface area contributed by atoms with E-state index in [0.717, 1.165) is 22.4 Å². The molecule has 144 valence electrons. The van der Waals surface area contributed by atoms with E-state index in [2.05, 4.69) is 5.10 Å². The largest absolute Gasteiger partial charge is 0.394 e. The summed E-state index contributed by atoms with van der Waals surface area (Å²) < 4.78 is 15.1. The number of hydrogen-bond acceptors (Lipinski definition) is 3. The Morgan fingerprint density at radius 1 is 1.07 bits per heavy atom. The first kappa shape index (κ1) is 18.4. The highest BCUT2D eigenvalue weighted by atomic mass is 19.1. The topological polar surface area (TPSA) is 58.4 Å². The molecule has 0 fully saturated rings. The zero-order valence-corrected chi connectivity index (χ0v) is 15.5. The fourth-order valence-electron chi connectivity index (χ4n) is 3.78. The predicted molar refractivity (Wildman–Crippen MR) is 103 cm³/mol. The number of aliphatic hydroxyl groups excluding tert-OH is 1. The molecule has 1 atom stereocenters. The van der Waals surface area contributed by atoms with E-state index in [9.17, 15) is 9.18 Å². The number of rotatable bonds is 6. The lowest BCUT2D eigenvalue weighted by Gasteiger charge is -2.22. The minimum absolute atomic E-state index is 0.0166. The van der Waals surface area contributed by atoms with Gasteiger partial charge in [0.05, 0.1) is 31.6 Å². The van der Waals surface area contributed by atoms with Crippen molar-refractivity contribution in [2.24, 2.45) is 0 Å². The number of fused-ring (bicyclic) bond motifs is 1. The summed E-state index contributed by atoms with van der Waals surface area (Å²) in [5, 5.41) is 13.4. The number of carbonyl (C=O) groups is 1. The lowest BCUT2D eigenvalue weighted by molar-refractivity contribution is -0.132. The number of benzene rings is 2. The summed E-state index contributed by atoms with van der Waals surface area (Å²) in [5.74, 6) is -0.373. The Bertz CT molecular complexity index is 954. The smallest absolute Gasteiger partial charge is 0.224 e. The third-order valence-electron chi connectivity index (χ3n) is 5.25. The average Bonchev–Trinajstić information content (AvgIpc) is 3.30. The summed E-state index contributed by atoms with van der Waals surface area (Å²) in [6, 6.07) is 16.2. The highest BCUT2D eigenvalue weighted by Crippen LogP contribution is 2.31. The van der Waals surface area contributed by atoms with Crippen LogP contribution in [0.3, 0.4) is 0 Å². The van der Waals surface area contributed by atoms with Gasteiger partial charge in [0.15, 0.2) is 0 Å². The van der Waals surface area contributed by atoms with Crippen LogP contribution in [0.25, 0.3) is 0 Å². The number of carbonyl (C=O) groups excluding carboxylic acids is 1. The molecule has 0 aliphatic carbocycles. The molecule has 1 N–H and O–H groups in total. The summed E-state index contributed by atoms with van der Waals surface area (Å²) in [4.78, 5) is 14.9. The molecule has 2 heterocycles. The van der Waals surface area contributed by atoms with Crippen molar-refractivity contribution in [1.29, 1.82) is 0 Å². The van der Waals surface area contributed by atoms with Gasteiger partial charge in [-0.05, 0) is 23.3 Å². The minimum atomic E-state index is -0.287. The van der Waals surface area contributed by atoms with Gasteiger partial charge in [0.1, 0.15) is 5.82 Å². The second-order valence-electron chi connectivity index (χ2n) is 7.03. The zero-order chi connectivity index (χ0) is 19.5. The van der Waals surface area contributed by atoms with Gasteiger partial charge in [0, 0.05) is 24.4 Å². The lowest BCUT2D eigenvalue weighted by atomic mass is 9.88. The molecule has 6 heteroatoms. The second kappa shape index (κ2) is 7.94. The SMILES string of the molecule is O=C(C[C@H](c1ccccc1)c1ccc(F)cc1)N1Cc2cnn(CCO)c2C1. The van der Waals surface area contributed by atoms with E-state index < -0.39 is 0 Å². The van der Waals surface area contributed by atoms with Gasteiger partial charge < -0.3 is 10.0 Å². The maximum atomic E-state index is 13.4. The van der Waals surface area contributed by atoms with Crippen LogP contribution in [-0.4, -0.2) is 32.3 Å². The average molecular weight is 379 g/mol. The number of amides is 1. The van der Waals surface area contributed by atoms with Crippen LogP contribution in [0.2, 0.25) is 0 Å². The van der Waals surface area contributed by atoms with E-state index in [1.54, 1.807) is 23.0 Å². The lowest BCUT2D eigenvalue weighted by Crippen LogP contribution is -2.28. The number of nitrogens with zero attached hydrogens (tertiary/aromatic N) is 3. The third kappa shape index (κ3) is 3.68. The minimum Gasteiger partial charge on any atom is -0.394 e. The van der Waals surface area contributed by atoms with Gasteiger partial charge in [-0.1, -0.05) is 42.5 Å². The molecular weight excluding hydrogens is 357 g/mol. The quantitative estimate of drug-likeness (QED) is 0.716. The molecule has 5 nitrogen and oxygen atoms in total. The molecule has 1 amide bonds. The molecule has 0 unspecified atom stereocenters. The molecule has 28 heavy (non-hydrogen) atoms. The van der Waals surface area contributed by atoms with Crippen molar-refractivity contribution in [3.63, 3.8) is 0 Å². The maximum absolute atomic E-state index is 13.4. The number of halogens is 1. The second-order valence-corrected chi connectivity index (χ2v) is 7.03. The van der Waals surface area contributed by atoms with Crippen LogP contribution in [0.15, 0.2) is 60.8 Å². The first-order valence-corrected chi connectivity index (χ1v) is 9.38. The predicted octanol–water partition coefficient (Wildman–Crippen LogP) is 3.08. The van der Waals surface area contributed by atoms with Crippen molar-refractivity contribution in [2.75, 3.05) is 6.61 Å². The standard InChI is InChI=1S/C22H22FN3O2/c23-19-8-6-17(7-9-19)20(16-4-2-1-3-5-16)12-22(28)25-14-18-13-24-26(10-11-27)21(18)15-25/h1-9,13,20,27H,10-12,14-15H2/t20-/m1/s1. The number of aromatic nitrogens is 2. The molecule has 0 spiro atoms. The molecule has 1 aromatic heterocycles. The van der Waals surface area contributed by atoms with E-state index >= 15 is 0 Å². The highest BCUT2D eigenvalue weighted by Gasteiger charge is 2.29. The normalized spacial score (nSPS) is 14.1. The molecule has 2 aromatic carbocycles. The van der Waals surface area contributed by atoms with Gasteiger partial charge in [0.2, 0.25) is 5.91 Å². The first-order chi connectivity index (χ1) is 13.7. The summed E-state index contributed by atoms with van der Waals surface area (Å²) in [6.45, 7) is 1.48. The van der Waals surface area contributed by atoms with Gasteiger partial charge >= 0.3 is 0 Å². The van der Waals surface area contributed by atoms with E-state index in [0.29, 0.717) is 26.1 Å². The molecule has 3 aromatic rings. The molecule has 0 bridgehead atoms. The summed E-state index contributed by atoms with van der Waals surface area (Å²) in [5.41, 5.74) is 3.97. The van der Waals surface area contributed by atoms with Crippen molar-refractivity contribution in [3.8, 4) is 0 Å². The van der Waals surface area contributed by atoms with Crippen molar-refractivity contribution < 1.29 is 14.3 Å². The Labute approximate surface area is 163 Å². The van der Waals surface area contributed by atoms with Crippen LogP contribution in [0.1, 0.15) is 34.7 Å². The van der Waals surface area contributed by atoms with Crippen LogP contribution in [0.4, 0.5) is 4.39 Å². The van der Waals surface area contributed by atoms with E-state index in [1.165, 1.54) is 12.1 Å². The Hall–Kier alpha value is -2.99. The van der Waals surface area contributed by atoms with Crippen molar-refractivity contribution in [1.82, 2.24) is 14.7 Å². The van der Waals surface area contributed by atoms with E-state index in [1.807, 2.05) is 35.2 Å². The summed E-state index contributed by atoms with van der Waals surface area (Å²) in [6.07, 6.45) is 2.08. The van der Waals surface area contributed by atoms with Gasteiger partial charge in [-0.3, -0.25) is 9.48 Å². The van der Waals surface area contributed by atoms with Crippen LogP contribution < -0.4 is 0 Å². The summed E-state index contributed by atoms with van der Waals surface area (Å²) in [7, 11) is 0. The van der Waals surface area contributed by atoms with Gasteiger partial charge in [-0.2, -0.15) is 5.10 Å². The molecule has 0 saturated carbocycles. The molecule has 1 aliphatic rings. The van der Waals surface area contributed by atoms with Gasteiger partial charge in [-0.25, -0.2) is 4.39 Å². The zero-order valence-electron chi connectivity index (χ0n) is 15.5. The molecule has 1 aliphatic heterocycles. The fraction of sp³-hybridized carbons (Fsp3) is 0.273. The highest BCUT2D eigenvalue weighted by molar-refractivity contribution is 5.78. The van der Waals surface area contributed by atoms with E-state index in [4.69, 9.17) is 5.11 Å². The van der Waals surface area contributed by atoms with Crippen LogP contribution in [-0.2, 0) is 24.4 Å². The van der Waals surface area contributed by atoms with Crippen LogP contribution in [0.5, 0.6) is 0 Å². The third-order valence-corrected chi connectivity index (χ3v) is 5.25. The Balaban J connectivity index is 1.54. The van der Waals surface area contributed by atoms with Crippen molar-refractivity contribution in [3.05, 3.63) is 89.0 Å². The maximum Gasteiger partial charge on any atom is 0.224 e. The fourth-order valence-corrected chi connectivity index (χ4v) is 3.78. The first-order valence-electron chi connectivity index (χ1n) is 9.38. The van der Waals surface area contributed by atoms with Gasteiger partial charge in [-0.15, -0.1) is 0 Å². The Kier molecular flexibility index (Phi) is 5.21. The number of hydrogen-bond donors (Lipinski definition) is 1. The Morgan fingerprint density at radius 3 is 2.50 bits per heavy atom. The van der Waals surface area contributed by atoms with E-state index in [-0.39, 0.29) is 24.2 Å². The van der Waals surface area contributed by atoms with Crippen LogP contribution >= 0.6 is 0 Å². The summed E-state index contributed by atoms with van der Waals surface area (Å²) >= 11 is 0. The van der Waals surface area contributed by atoms with Gasteiger partial charge in [0.25, 0.3) is 0 Å². The van der Waals surface area contributed by atoms with Crippen molar-refractivity contribution >= 4 is 5.91 Å². The van der Waals surface area contributed by atoms with Crippen LogP contribution in [0, 0.1) is 5.82 Å². The molecule has 0 radical (unpaired) electrons. The molecular formula is C22H22FN3O2. The van der Waals surface area contributed by atoms with Crippen molar-refractivity contribution in [2.45, 2.75) is 32.0 Å². The number of aliphatic hydroxyl groups is 1. The molecule has 4 rings (SSSR count).